The predicted molar refractivity (Wildman–Crippen MR) is 83.4 cm³/mol. The van der Waals surface area contributed by atoms with E-state index in [0.29, 0.717) is 11.1 Å². The van der Waals surface area contributed by atoms with Crippen LogP contribution in [0.15, 0.2) is 66.9 Å². The van der Waals surface area contributed by atoms with Crippen molar-refractivity contribution in [3.05, 3.63) is 83.6 Å². The van der Waals surface area contributed by atoms with Crippen molar-refractivity contribution in [2.45, 2.75) is 6.92 Å². The van der Waals surface area contributed by atoms with Crippen LogP contribution in [0.2, 0.25) is 0 Å². The molecular formula is C18H17NO2. The van der Waals surface area contributed by atoms with E-state index in [2.05, 4.69) is 5.32 Å². The van der Waals surface area contributed by atoms with Gasteiger partial charge >= 0.3 is 0 Å². The van der Waals surface area contributed by atoms with Crippen molar-refractivity contribution in [1.82, 2.24) is 5.32 Å². The van der Waals surface area contributed by atoms with Crippen molar-refractivity contribution in [2.24, 2.45) is 0 Å². The van der Waals surface area contributed by atoms with E-state index in [4.69, 9.17) is 0 Å². The minimum absolute atomic E-state index is 0.0109. The van der Waals surface area contributed by atoms with Crippen LogP contribution in [0.4, 0.5) is 0 Å². The highest BCUT2D eigenvalue weighted by atomic mass is 16.1. The number of hydrogen-bond donors (Lipinski definition) is 1. The summed E-state index contributed by atoms with van der Waals surface area (Å²) in [4.78, 5) is 23.7. The normalized spacial score (nSPS) is 10.5. The van der Waals surface area contributed by atoms with E-state index in [-0.39, 0.29) is 18.1 Å². The first-order valence-electron chi connectivity index (χ1n) is 6.76. The summed E-state index contributed by atoms with van der Waals surface area (Å²) in [5.74, 6) is -0.0957. The Balaban J connectivity index is 1.86. The van der Waals surface area contributed by atoms with Crippen LogP contribution in [0.1, 0.15) is 26.3 Å². The summed E-state index contributed by atoms with van der Waals surface area (Å²) in [7, 11) is 0. The number of hydrogen-bond acceptors (Lipinski definition) is 3. The summed E-state index contributed by atoms with van der Waals surface area (Å²) in [5, 5.41) is 2.85. The Morgan fingerprint density at radius 3 is 2.43 bits per heavy atom. The van der Waals surface area contributed by atoms with Gasteiger partial charge < -0.3 is 5.32 Å². The van der Waals surface area contributed by atoms with Gasteiger partial charge in [0, 0.05) is 23.4 Å². The Morgan fingerprint density at radius 2 is 1.71 bits per heavy atom. The van der Waals surface area contributed by atoms with Crippen molar-refractivity contribution in [1.29, 1.82) is 0 Å². The van der Waals surface area contributed by atoms with Crippen LogP contribution in [0, 0.1) is 6.92 Å². The monoisotopic (exact) mass is 279 g/mol. The van der Waals surface area contributed by atoms with Crippen molar-refractivity contribution in [3.63, 3.8) is 0 Å². The molecule has 0 saturated carbocycles. The van der Waals surface area contributed by atoms with Gasteiger partial charge in [-0.1, -0.05) is 54.1 Å². The number of benzene rings is 2. The minimum Gasteiger partial charge on any atom is -0.383 e. The first-order chi connectivity index (χ1) is 10.2. The van der Waals surface area contributed by atoms with Gasteiger partial charge in [0.25, 0.3) is 0 Å². The van der Waals surface area contributed by atoms with E-state index >= 15 is 0 Å². The molecule has 0 aromatic heterocycles. The standard InChI is InChI=1S/C18H17NO2/c1-14-6-5-9-16(12-14)17(20)10-11-19-13-18(21)15-7-3-2-4-8-15/h2-12,19H,13H2,1H3/b11-10-. The fourth-order valence-corrected chi connectivity index (χ4v) is 1.91. The number of aryl methyl sites for hydroxylation is 1. The number of allylic oxidation sites excluding steroid dienone is 1. The molecule has 3 heteroatoms. The molecule has 1 N–H and O–H groups in total. The van der Waals surface area contributed by atoms with Crippen LogP contribution >= 0.6 is 0 Å². The molecule has 0 spiro atoms. The van der Waals surface area contributed by atoms with Gasteiger partial charge in [0.05, 0.1) is 6.54 Å². The maximum Gasteiger partial charge on any atom is 0.187 e. The molecule has 0 aliphatic heterocycles. The molecule has 3 nitrogen and oxygen atoms in total. The van der Waals surface area contributed by atoms with Gasteiger partial charge in [-0.2, -0.15) is 0 Å². The molecular weight excluding hydrogens is 262 g/mol. The predicted octanol–water partition coefficient (Wildman–Crippen LogP) is 3.16. The Morgan fingerprint density at radius 1 is 1.00 bits per heavy atom. The average Bonchev–Trinajstić information content (AvgIpc) is 2.52. The second-order valence-corrected chi connectivity index (χ2v) is 4.74. The Kier molecular flexibility index (Phi) is 5.04. The lowest BCUT2D eigenvalue weighted by Crippen LogP contribution is -2.18. The van der Waals surface area contributed by atoms with Gasteiger partial charge in [0.15, 0.2) is 11.6 Å². The second-order valence-electron chi connectivity index (χ2n) is 4.74. The molecule has 21 heavy (non-hydrogen) atoms. The molecule has 106 valence electrons. The quantitative estimate of drug-likeness (QED) is 0.652. The summed E-state index contributed by atoms with van der Waals surface area (Å²) >= 11 is 0. The number of ketones is 2. The third-order valence-corrected chi connectivity index (χ3v) is 3.01. The van der Waals surface area contributed by atoms with Gasteiger partial charge in [0.1, 0.15) is 0 Å². The number of carbonyl (C=O) groups excluding carboxylic acids is 2. The zero-order valence-corrected chi connectivity index (χ0v) is 11.9. The van der Waals surface area contributed by atoms with Crippen molar-refractivity contribution in [3.8, 4) is 0 Å². The van der Waals surface area contributed by atoms with Gasteiger partial charge in [-0.3, -0.25) is 9.59 Å². The highest BCUT2D eigenvalue weighted by Gasteiger charge is 2.03. The fraction of sp³-hybridized carbons (Fsp3) is 0.111. The maximum atomic E-state index is 11.9. The SMILES string of the molecule is Cc1cccc(C(=O)/C=C\NCC(=O)c2ccccc2)c1. The molecule has 0 heterocycles. The first kappa shape index (κ1) is 14.7. The maximum absolute atomic E-state index is 11.9. The van der Waals surface area contributed by atoms with E-state index in [9.17, 15) is 9.59 Å². The summed E-state index contributed by atoms with van der Waals surface area (Å²) in [6.07, 6.45) is 2.96. The number of carbonyl (C=O) groups is 2. The molecule has 0 saturated heterocycles. The molecule has 0 fully saturated rings. The Labute approximate surface area is 124 Å². The first-order valence-corrected chi connectivity index (χ1v) is 6.76. The highest BCUT2D eigenvalue weighted by molar-refractivity contribution is 6.04. The molecule has 0 bridgehead atoms. The number of rotatable bonds is 6. The van der Waals surface area contributed by atoms with Gasteiger partial charge in [-0.05, 0) is 13.0 Å². The second kappa shape index (κ2) is 7.20. The summed E-state index contributed by atoms with van der Waals surface area (Å²) in [6.45, 7) is 2.11. The lowest BCUT2D eigenvalue weighted by molar-refractivity contribution is 0.0992. The lowest BCUT2D eigenvalue weighted by atomic mass is 10.1. The van der Waals surface area contributed by atoms with E-state index in [0.717, 1.165) is 5.56 Å². The fourth-order valence-electron chi connectivity index (χ4n) is 1.91. The molecule has 0 aliphatic rings. The summed E-state index contributed by atoms with van der Waals surface area (Å²) in [6, 6.07) is 16.5. The molecule has 2 rings (SSSR count). The largest absolute Gasteiger partial charge is 0.383 e. The topological polar surface area (TPSA) is 46.2 Å². The van der Waals surface area contributed by atoms with Gasteiger partial charge in [0.2, 0.25) is 0 Å². The van der Waals surface area contributed by atoms with Crippen LogP contribution in [-0.2, 0) is 0 Å². The van der Waals surface area contributed by atoms with E-state index in [1.807, 2.05) is 43.3 Å². The smallest absolute Gasteiger partial charge is 0.187 e. The van der Waals surface area contributed by atoms with Crippen molar-refractivity contribution >= 4 is 11.6 Å². The molecule has 0 amide bonds. The minimum atomic E-state index is -0.0849. The molecule has 0 aliphatic carbocycles. The molecule has 2 aromatic rings. The van der Waals surface area contributed by atoms with E-state index in [1.54, 1.807) is 18.2 Å². The Hall–Kier alpha value is -2.68. The van der Waals surface area contributed by atoms with E-state index < -0.39 is 0 Å². The molecule has 0 unspecified atom stereocenters. The third kappa shape index (κ3) is 4.42. The number of nitrogens with one attached hydrogen (secondary N) is 1. The van der Waals surface area contributed by atoms with Crippen LogP contribution in [-0.4, -0.2) is 18.1 Å². The summed E-state index contributed by atoms with van der Waals surface area (Å²) < 4.78 is 0. The van der Waals surface area contributed by atoms with Crippen molar-refractivity contribution < 1.29 is 9.59 Å². The highest BCUT2D eigenvalue weighted by Crippen LogP contribution is 2.05. The van der Waals surface area contributed by atoms with Crippen LogP contribution in [0.25, 0.3) is 0 Å². The average molecular weight is 279 g/mol. The number of Topliss-reactive ketones (excluding diaryl/α,β-unsaturated/α-hetero) is 1. The molecule has 0 radical (unpaired) electrons. The van der Waals surface area contributed by atoms with Gasteiger partial charge in [-0.15, -0.1) is 0 Å². The van der Waals surface area contributed by atoms with Crippen LogP contribution in [0.5, 0.6) is 0 Å². The van der Waals surface area contributed by atoms with Gasteiger partial charge in [-0.25, -0.2) is 0 Å². The molecule has 0 atom stereocenters. The zero-order valence-electron chi connectivity index (χ0n) is 11.9. The third-order valence-electron chi connectivity index (χ3n) is 3.01. The lowest BCUT2D eigenvalue weighted by Gasteiger charge is -2.01. The zero-order chi connectivity index (χ0) is 15.1. The van der Waals surface area contributed by atoms with E-state index in [1.165, 1.54) is 12.3 Å². The van der Waals surface area contributed by atoms with Crippen molar-refractivity contribution in [2.75, 3.05) is 6.54 Å². The summed E-state index contributed by atoms with van der Waals surface area (Å²) in [5.41, 5.74) is 2.34. The molecule has 2 aromatic carbocycles. The van der Waals surface area contributed by atoms with Crippen LogP contribution < -0.4 is 5.32 Å². The Bertz CT molecular complexity index is 660. The van der Waals surface area contributed by atoms with Crippen LogP contribution in [0.3, 0.4) is 0 Å².